The Hall–Kier alpha value is -2.45. The normalized spacial score (nSPS) is 11.3. The third-order valence-electron chi connectivity index (χ3n) is 2.88. The Labute approximate surface area is 137 Å². The number of carbonyl (C=O) groups is 1. The van der Waals surface area contributed by atoms with Crippen LogP contribution in [0.25, 0.3) is 0 Å². The molecule has 0 amide bonds. The number of likely N-dealkylation sites (N-methyl/N-ethyl adjacent to an activating group) is 1. The molecule has 1 aromatic carbocycles. The number of hydrogen-bond donors (Lipinski definition) is 0. The van der Waals surface area contributed by atoms with Gasteiger partial charge < -0.3 is 0 Å². The number of carbonyl (C=O) groups excluding carboxylic acids is 1. The molecule has 0 spiro atoms. The lowest BCUT2D eigenvalue weighted by atomic mass is 9.98. The molecule has 0 atom stereocenters. The second-order valence-corrected chi connectivity index (χ2v) is 6.32. The Kier molecular flexibility index (Phi) is 6.67. The van der Waals surface area contributed by atoms with Gasteiger partial charge in [0.25, 0.3) is 5.69 Å². The van der Waals surface area contributed by atoms with Crippen LogP contribution in [-0.2, 0) is 0 Å². The minimum absolute atomic E-state index is 0.0432. The van der Waals surface area contributed by atoms with Crippen molar-refractivity contribution in [2.24, 2.45) is 5.41 Å². The minimum atomic E-state index is -0.533. The molecule has 0 saturated carbocycles. The highest BCUT2D eigenvalue weighted by molar-refractivity contribution is 6.01. The van der Waals surface area contributed by atoms with Crippen molar-refractivity contribution in [3.8, 4) is 11.8 Å². The predicted molar refractivity (Wildman–Crippen MR) is 91.3 cm³/mol. The van der Waals surface area contributed by atoms with Crippen molar-refractivity contribution in [3.05, 3.63) is 52.1 Å². The molecule has 0 heterocycles. The van der Waals surface area contributed by atoms with Crippen LogP contribution in [0.1, 0.15) is 31.1 Å². The summed E-state index contributed by atoms with van der Waals surface area (Å²) in [5, 5.41) is 11.0. The first-order valence-electron chi connectivity index (χ1n) is 7.33. The van der Waals surface area contributed by atoms with Gasteiger partial charge in [-0.25, -0.2) is 0 Å². The summed E-state index contributed by atoms with van der Waals surface area (Å²) in [6, 6.07) is 6.01. The van der Waals surface area contributed by atoms with E-state index in [1.54, 1.807) is 30.2 Å². The zero-order chi connectivity index (χ0) is 17.5. The predicted octanol–water partition coefficient (Wildman–Crippen LogP) is 3.32. The second kappa shape index (κ2) is 8.25. The molecule has 5 nitrogen and oxygen atoms in total. The monoisotopic (exact) mass is 314 g/mol. The number of nitro groups is 1. The van der Waals surface area contributed by atoms with Crippen LogP contribution >= 0.6 is 0 Å². The molecule has 0 aliphatic heterocycles. The van der Waals surface area contributed by atoms with Crippen molar-refractivity contribution in [1.82, 2.24) is 4.90 Å². The maximum Gasteiger partial charge on any atom is 0.280 e. The SMILES string of the molecule is CN(C/C=C/C#CC(C)(C)C)CC(=O)c1ccccc1[N+](=O)[O-]. The molecule has 0 bridgehead atoms. The molecule has 0 radical (unpaired) electrons. The number of hydrogen-bond acceptors (Lipinski definition) is 4. The fourth-order valence-electron chi connectivity index (χ4n) is 1.81. The Bertz CT molecular complexity index is 661. The number of benzene rings is 1. The van der Waals surface area contributed by atoms with Gasteiger partial charge in [-0.2, -0.15) is 0 Å². The number of nitro benzene ring substituents is 1. The van der Waals surface area contributed by atoms with E-state index in [2.05, 4.69) is 11.8 Å². The fraction of sp³-hybridized carbons (Fsp3) is 0.389. The molecule has 0 fully saturated rings. The first-order valence-corrected chi connectivity index (χ1v) is 7.33. The summed E-state index contributed by atoms with van der Waals surface area (Å²) in [7, 11) is 1.79. The first-order chi connectivity index (χ1) is 10.7. The molecular formula is C18H22N2O3. The molecule has 23 heavy (non-hydrogen) atoms. The van der Waals surface area contributed by atoms with Crippen LogP contribution in [0.4, 0.5) is 5.69 Å². The first kappa shape index (κ1) is 18.6. The maximum absolute atomic E-state index is 12.2. The van der Waals surface area contributed by atoms with E-state index in [1.807, 2.05) is 26.8 Å². The van der Waals surface area contributed by atoms with Crippen molar-refractivity contribution >= 4 is 11.5 Å². The van der Waals surface area contributed by atoms with Gasteiger partial charge in [-0.15, -0.1) is 0 Å². The van der Waals surface area contributed by atoms with Crippen LogP contribution < -0.4 is 0 Å². The third-order valence-corrected chi connectivity index (χ3v) is 2.88. The summed E-state index contributed by atoms with van der Waals surface area (Å²) >= 11 is 0. The van der Waals surface area contributed by atoms with E-state index in [4.69, 9.17) is 0 Å². The van der Waals surface area contributed by atoms with Gasteiger partial charge in [-0.05, 0) is 40.0 Å². The number of nitrogens with zero attached hydrogens (tertiary/aromatic N) is 2. The van der Waals surface area contributed by atoms with Crippen LogP contribution in [0, 0.1) is 27.4 Å². The number of rotatable bonds is 6. The van der Waals surface area contributed by atoms with E-state index < -0.39 is 4.92 Å². The highest BCUT2D eigenvalue weighted by atomic mass is 16.6. The van der Waals surface area contributed by atoms with Crippen LogP contribution in [-0.4, -0.2) is 35.7 Å². The molecule has 0 aliphatic carbocycles. The quantitative estimate of drug-likeness (QED) is 0.350. The van der Waals surface area contributed by atoms with Gasteiger partial charge in [0.1, 0.15) is 0 Å². The van der Waals surface area contributed by atoms with E-state index in [0.717, 1.165) is 0 Å². The standard InChI is InChI=1S/C18H22N2O3/c1-18(2,3)12-8-5-9-13-19(4)14-17(21)15-10-6-7-11-16(15)20(22)23/h5-7,9-11H,13-14H2,1-4H3/b9-5+. The van der Waals surface area contributed by atoms with E-state index in [9.17, 15) is 14.9 Å². The number of allylic oxidation sites excluding steroid dienone is 1. The van der Waals surface area contributed by atoms with Gasteiger partial charge in [-0.3, -0.25) is 19.8 Å². The van der Waals surface area contributed by atoms with Gasteiger partial charge >= 0.3 is 0 Å². The zero-order valence-electron chi connectivity index (χ0n) is 14.0. The van der Waals surface area contributed by atoms with Crippen LogP contribution in [0.3, 0.4) is 0 Å². The van der Waals surface area contributed by atoms with Gasteiger partial charge in [0.2, 0.25) is 0 Å². The van der Waals surface area contributed by atoms with Crippen molar-refractivity contribution in [2.45, 2.75) is 20.8 Å². The number of para-hydroxylation sites is 1. The summed E-state index contributed by atoms with van der Waals surface area (Å²) in [6.07, 6.45) is 3.63. The van der Waals surface area contributed by atoms with Crippen molar-refractivity contribution in [2.75, 3.05) is 20.1 Å². The maximum atomic E-state index is 12.2. The lowest BCUT2D eigenvalue weighted by molar-refractivity contribution is -0.385. The average Bonchev–Trinajstić information content (AvgIpc) is 2.45. The lowest BCUT2D eigenvalue weighted by Gasteiger charge is -2.13. The van der Waals surface area contributed by atoms with E-state index in [-0.39, 0.29) is 29.0 Å². The second-order valence-electron chi connectivity index (χ2n) is 6.32. The molecule has 0 unspecified atom stereocenters. The molecule has 0 N–H and O–H groups in total. The summed E-state index contributed by atoms with van der Waals surface area (Å²) in [5.41, 5.74) is -0.0586. The highest BCUT2D eigenvalue weighted by Gasteiger charge is 2.19. The molecule has 1 rings (SSSR count). The van der Waals surface area contributed by atoms with Crippen LogP contribution in [0.15, 0.2) is 36.4 Å². The molecule has 0 saturated heterocycles. The Balaban J connectivity index is 2.63. The molecule has 5 heteroatoms. The fourth-order valence-corrected chi connectivity index (χ4v) is 1.81. The largest absolute Gasteiger partial charge is 0.295 e. The Morgan fingerprint density at radius 1 is 1.35 bits per heavy atom. The average molecular weight is 314 g/mol. The van der Waals surface area contributed by atoms with Crippen LogP contribution in [0.5, 0.6) is 0 Å². The number of ketones is 1. The van der Waals surface area contributed by atoms with E-state index >= 15 is 0 Å². The highest BCUT2D eigenvalue weighted by Crippen LogP contribution is 2.18. The van der Waals surface area contributed by atoms with Gasteiger partial charge in [0, 0.05) is 18.0 Å². The van der Waals surface area contributed by atoms with Crippen LogP contribution in [0.2, 0.25) is 0 Å². The molecule has 122 valence electrons. The summed E-state index contributed by atoms with van der Waals surface area (Å²) in [5.74, 6) is 5.77. The van der Waals surface area contributed by atoms with Crippen molar-refractivity contribution in [1.29, 1.82) is 0 Å². The van der Waals surface area contributed by atoms with Gasteiger partial charge in [-0.1, -0.05) is 30.0 Å². The summed E-state index contributed by atoms with van der Waals surface area (Å²) < 4.78 is 0. The smallest absolute Gasteiger partial charge is 0.280 e. The molecule has 1 aromatic rings. The van der Waals surface area contributed by atoms with E-state index in [1.165, 1.54) is 12.1 Å². The van der Waals surface area contributed by atoms with Gasteiger partial charge in [0.05, 0.1) is 17.0 Å². The minimum Gasteiger partial charge on any atom is -0.295 e. The summed E-state index contributed by atoms with van der Waals surface area (Å²) in [6.45, 7) is 6.76. The number of Topliss-reactive ketones (excluding diaryl/α,β-unsaturated/α-hetero) is 1. The van der Waals surface area contributed by atoms with Gasteiger partial charge in [0.15, 0.2) is 5.78 Å². The molecule has 0 aromatic heterocycles. The lowest BCUT2D eigenvalue weighted by Crippen LogP contribution is -2.26. The van der Waals surface area contributed by atoms with Crippen molar-refractivity contribution in [3.63, 3.8) is 0 Å². The topological polar surface area (TPSA) is 63.5 Å². The zero-order valence-corrected chi connectivity index (χ0v) is 14.0. The molecule has 0 aliphatic rings. The van der Waals surface area contributed by atoms with Crippen molar-refractivity contribution < 1.29 is 9.72 Å². The Morgan fingerprint density at radius 3 is 2.61 bits per heavy atom. The Morgan fingerprint density at radius 2 is 2.00 bits per heavy atom. The third kappa shape index (κ3) is 6.90. The molecular weight excluding hydrogens is 292 g/mol. The summed E-state index contributed by atoms with van der Waals surface area (Å²) in [4.78, 5) is 24.4. The van der Waals surface area contributed by atoms with E-state index in [0.29, 0.717) is 6.54 Å².